The summed E-state index contributed by atoms with van der Waals surface area (Å²) in [4.78, 5) is 0. The molecule has 0 unspecified atom stereocenters. The number of hydrogen-bond acceptors (Lipinski definition) is 1. The van der Waals surface area contributed by atoms with Gasteiger partial charge in [-0.1, -0.05) is 0 Å². The molecule has 2 rings (SSSR count). The average Bonchev–Trinajstić information content (AvgIpc) is 2.65. The predicted octanol–water partition coefficient (Wildman–Crippen LogP) is 1.98. The summed E-state index contributed by atoms with van der Waals surface area (Å²) < 4.78 is 3.18. The molecule has 1 saturated carbocycles. The highest BCUT2D eigenvalue weighted by atomic mass is 127. The summed E-state index contributed by atoms with van der Waals surface area (Å²) in [6, 6.07) is 2.18. The van der Waals surface area contributed by atoms with Crippen molar-refractivity contribution < 1.29 is 0 Å². The number of aryl methyl sites for hydroxylation is 1. The third-order valence-electron chi connectivity index (χ3n) is 2.07. The SMILES string of the molecule is Cn1nc(CC2CC2)cc1I. The van der Waals surface area contributed by atoms with Crippen LogP contribution in [0.3, 0.4) is 0 Å². The van der Waals surface area contributed by atoms with Gasteiger partial charge in [0.25, 0.3) is 0 Å². The summed E-state index contributed by atoms with van der Waals surface area (Å²) >= 11 is 2.31. The van der Waals surface area contributed by atoms with Crippen molar-refractivity contribution in [1.29, 1.82) is 0 Å². The Hall–Kier alpha value is -0.0600. The van der Waals surface area contributed by atoms with E-state index in [0.29, 0.717) is 0 Å². The number of nitrogens with zero attached hydrogens (tertiary/aromatic N) is 2. The molecular formula is C8H11IN2. The molecule has 0 radical (unpaired) electrons. The Morgan fingerprint density at radius 2 is 2.45 bits per heavy atom. The van der Waals surface area contributed by atoms with Gasteiger partial charge in [0.2, 0.25) is 0 Å². The zero-order valence-corrected chi connectivity index (χ0v) is 8.71. The molecule has 1 aromatic rings. The Labute approximate surface area is 80.1 Å². The third-order valence-corrected chi connectivity index (χ3v) is 3.08. The van der Waals surface area contributed by atoms with Crippen molar-refractivity contribution in [3.05, 3.63) is 15.5 Å². The molecule has 0 aliphatic heterocycles. The average molecular weight is 262 g/mol. The fourth-order valence-electron chi connectivity index (χ4n) is 1.22. The summed E-state index contributed by atoms with van der Waals surface area (Å²) in [7, 11) is 2.00. The lowest BCUT2D eigenvalue weighted by molar-refractivity contribution is 0.705. The highest BCUT2D eigenvalue weighted by Gasteiger charge is 2.22. The van der Waals surface area contributed by atoms with Crippen LogP contribution in [0.1, 0.15) is 18.5 Å². The molecule has 60 valence electrons. The monoisotopic (exact) mass is 262 g/mol. The van der Waals surface area contributed by atoms with Crippen molar-refractivity contribution in [2.24, 2.45) is 13.0 Å². The second-order valence-electron chi connectivity index (χ2n) is 3.23. The Morgan fingerprint density at radius 3 is 2.91 bits per heavy atom. The van der Waals surface area contributed by atoms with Gasteiger partial charge in [-0.2, -0.15) is 5.10 Å². The van der Waals surface area contributed by atoms with E-state index in [-0.39, 0.29) is 0 Å². The van der Waals surface area contributed by atoms with E-state index in [9.17, 15) is 0 Å². The Morgan fingerprint density at radius 1 is 1.73 bits per heavy atom. The highest BCUT2D eigenvalue weighted by Crippen LogP contribution is 2.32. The van der Waals surface area contributed by atoms with E-state index < -0.39 is 0 Å². The van der Waals surface area contributed by atoms with Crippen LogP contribution in [0.15, 0.2) is 6.07 Å². The molecule has 2 nitrogen and oxygen atoms in total. The third kappa shape index (κ3) is 1.75. The minimum Gasteiger partial charge on any atom is -0.262 e. The molecule has 0 spiro atoms. The molecule has 0 N–H and O–H groups in total. The standard InChI is InChI=1S/C8H11IN2/c1-11-8(9)5-7(10-11)4-6-2-3-6/h5-6H,2-4H2,1H3. The molecule has 0 bridgehead atoms. The van der Waals surface area contributed by atoms with E-state index in [4.69, 9.17) is 0 Å². The van der Waals surface area contributed by atoms with Crippen molar-refractivity contribution in [3.8, 4) is 0 Å². The maximum atomic E-state index is 4.40. The normalized spacial score (nSPS) is 17.3. The minimum atomic E-state index is 0.945. The van der Waals surface area contributed by atoms with Crippen LogP contribution in [0.4, 0.5) is 0 Å². The smallest absolute Gasteiger partial charge is 0.0988 e. The van der Waals surface area contributed by atoms with Gasteiger partial charge in [-0.25, -0.2) is 0 Å². The second kappa shape index (κ2) is 2.77. The molecule has 1 fully saturated rings. The fraction of sp³-hybridized carbons (Fsp3) is 0.625. The maximum Gasteiger partial charge on any atom is 0.0988 e. The first-order valence-corrected chi connectivity index (χ1v) is 5.02. The highest BCUT2D eigenvalue weighted by molar-refractivity contribution is 14.1. The van der Waals surface area contributed by atoms with Crippen LogP contribution >= 0.6 is 22.6 Å². The van der Waals surface area contributed by atoms with Gasteiger partial charge in [0.15, 0.2) is 0 Å². The lowest BCUT2D eigenvalue weighted by Gasteiger charge is -1.89. The lowest BCUT2D eigenvalue weighted by Crippen LogP contribution is -1.94. The topological polar surface area (TPSA) is 17.8 Å². The van der Waals surface area contributed by atoms with Crippen LogP contribution in [-0.4, -0.2) is 9.78 Å². The molecule has 0 atom stereocenters. The van der Waals surface area contributed by atoms with Crippen LogP contribution in [0.2, 0.25) is 0 Å². The molecule has 1 heterocycles. The van der Waals surface area contributed by atoms with Crippen molar-refractivity contribution in [3.63, 3.8) is 0 Å². The van der Waals surface area contributed by atoms with Crippen molar-refractivity contribution in [2.75, 3.05) is 0 Å². The molecule has 3 heteroatoms. The lowest BCUT2D eigenvalue weighted by atomic mass is 10.2. The second-order valence-corrected chi connectivity index (χ2v) is 4.33. The quantitative estimate of drug-likeness (QED) is 0.745. The predicted molar refractivity (Wildman–Crippen MR) is 52.4 cm³/mol. The van der Waals surface area contributed by atoms with E-state index >= 15 is 0 Å². The van der Waals surface area contributed by atoms with Gasteiger partial charge >= 0.3 is 0 Å². The summed E-state index contributed by atoms with van der Waals surface area (Å²) in [5.74, 6) is 0.945. The zero-order chi connectivity index (χ0) is 7.84. The van der Waals surface area contributed by atoms with E-state index in [1.807, 2.05) is 11.7 Å². The van der Waals surface area contributed by atoms with Crippen LogP contribution in [0, 0.1) is 9.62 Å². The van der Waals surface area contributed by atoms with Crippen molar-refractivity contribution in [2.45, 2.75) is 19.3 Å². The first kappa shape index (κ1) is 7.58. The number of aromatic nitrogens is 2. The largest absolute Gasteiger partial charge is 0.262 e. The summed E-state index contributed by atoms with van der Waals surface area (Å²) in [6.07, 6.45) is 4.01. The molecule has 1 aliphatic rings. The van der Waals surface area contributed by atoms with Crippen molar-refractivity contribution >= 4 is 22.6 Å². The van der Waals surface area contributed by atoms with Crippen LogP contribution in [0.5, 0.6) is 0 Å². The van der Waals surface area contributed by atoms with Crippen molar-refractivity contribution in [1.82, 2.24) is 9.78 Å². The fourth-order valence-corrected chi connectivity index (χ4v) is 1.69. The summed E-state index contributed by atoms with van der Waals surface area (Å²) in [5, 5.41) is 4.40. The molecule has 1 aromatic heterocycles. The number of hydrogen-bond donors (Lipinski definition) is 0. The van der Waals surface area contributed by atoms with Crippen LogP contribution in [0.25, 0.3) is 0 Å². The number of rotatable bonds is 2. The molecule has 11 heavy (non-hydrogen) atoms. The Kier molecular flexibility index (Phi) is 1.91. The van der Waals surface area contributed by atoms with Gasteiger partial charge in [-0.3, -0.25) is 4.68 Å². The Balaban J connectivity index is 2.11. The number of halogens is 1. The molecule has 0 amide bonds. The molecule has 1 aliphatic carbocycles. The van der Waals surface area contributed by atoms with E-state index in [2.05, 4.69) is 33.8 Å². The van der Waals surface area contributed by atoms with E-state index in [0.717, 1.165) is 5.92 Å². The molecular weight excluding hydrogens is 251 g/mol. The van der Waals surface area contributed by atoms with Gasteiger partial charge in [0.05, 0.1) is 9.39 Å². The molecule has 0 aromatic carbocycles. The van der Waals surface area contributed by atoms with E-state index in [1.165, 1.54) is 28.7 Å². The minimum absolute atomic E-state index is 0.945. The molecule has 0 saturated heterocycles. The first-order valence-electron chi connectivity index (χ1n) is 3.94. The van der Waals surface area contributed by atoms with Gasteiger partial charge in [0.1, 0.15) is 0 Å². The Bertz CT molecular complexity index is 244. The summed E-state index contributed by atoms with van der Waals surface area (Å²) in [5.41, 5.74) is 1.26. The van der Waals surface area contributed by atoms with E-state index in [1.54, 1.807) is 0 Å². The van der Waals surface area contributed by atoms with Gasteiger partial charge in [-0.05, 0) is 53.8 Å². The van der Waals surface area contributed by atoms with Gasteiger partial charge in [0, 0.05) is 7.05 Å². The maximum absolute atomic E-state index is 4.40. The first-order chi connectivity index (χ1) is 5.25. The zero-order valence-electron chi connectivity index (χ0n) is 6.55. The van der Waals surface area contributed by atoms with Gasteiger partial charge < -0.3 is 0 Å². The summed E-state index contributed by atoms with van der Waals surface area (Å²) in [6.45, 7) is 0. The van der Waals surface area contributed by atoms with Crippen LogP contribution < -0.4 is 0 Å². The van der Waals surface area contributed by atoms with Crippen LogP contribution in [-0.2, 0) is 13.5 Å². The van der Waals surface area contributed by atoms with Gasteiger partial charge in [-0.15, -0.1) is 0 Å².